The maximum Gasteiger partial charge on any atom is 0.459 e. The van der Waals surface area contributed by atoms with Gasteiger partial charge in [-0.3, -0.25) is 13.9 Å². The van der Waals surface area contributed by atoms with Gasteiger partial charge < -0.3 is 24.2 Å². The van der Waals surface area contributed by atoms with Crippen LogP contribution in [0.25, 0.3) is 11.2 Å². The maximum absolute atomic E-state index is 13.9. The lowest BCUT2D eigenvalue weighted by Crippen LogP contribution is -2.39. The minimum atomic E-state index is -4.19. The van der Waals surface area contributed by atoms with E-state index in [1.54, 1.807) is 37.3 Å². The fourth-order valence-electron chi connectivity index (χ4n) is 5.02. The number of nitrogens with one attached hydrogen (secondary N) is 1. The van der Waals surface area contributed by atoms with Gasteiger partial charge in [-0.05, 0) is 51.7 Å². The third-order valence-corrected chi connectivity index (χ3v) is 8.70. The standard InChI is InChI=1S/C26H34N5O8P/c1-16-21-25(28-14-27-16)31(15-29-21)26-23(34)22(33)24(37-26)17(2)38-40(35,39-19-11-7-4-8-12-19)30-13-20(32)36-18-9-5-3-6-10-18/h4,7-8,11-12,14-15,17-18,22-24,26,33-34H,3,5-6,9-10,13H2,1-2H3,(H,30,35)/t17-,22-,23+,24+,26+,40?/m0/s1. The van der Waals surface area contributed by atoms with E-state index in [4.69, 9.17) is 18.5 Å². The molecule has 0 spiro atoms. The molecule has 1 saturated carbocycles. The number of nitrogens with zero attached hydrogens (tertiary/aromatic N) is 4. The number of ether oxygens (including phenoxy) is 2. The van der Waals surface area contributed by atoms with Gasteiger partial charge in [-0.2, -0.15) is 0 Å². The van der Waals surface area contributed by atoms with Crippen LogP contribution in [0.5, 0.6) is 5.75 Å². The first kappa shape index (κ1) is 28.6. The SMILES string of the molecule is Cc1ncnc2c1ncn2[C@@H]1O[C@H]([C@H](C)OP(=O)(NCC(=O)OC2CCCCC2)Oc2ccccc2)[C@@H](O)[C@H]1O. The van der Waals surface area contributed by atoms with Crippen molar-refractivity contribution in [3.8, 4) is 5.75 Å². The number of aromatic nitrogens is 4. The molecule has 14 heteroatoms. The van der Waals surface area contributed by atoms with Crippen molar-refractivity contribution in [2.45, 2.75) is 82.7 Å². The number of benzene rings is 1. The molecule has 0 amide bonds. The zero-order valence-corrected chi connectivity index (χ0v) is 23.2. The predicted octanol–water partition coefficient (Wildman–Crippen LogP) is 2.81. The molecule has 13 nitrogen and oxygen atoms in total. The largest absolute Gasteiger partial charge is 0.461 e. The van der Waals surface area contributed by atoms with Crippen LogP contribution in [0, 0.1) is 6.92 Å². The highest BCUT2D eigenvalue weighted by Gasteiger charge is 2.48. The van der Waals surface area contributed by atoms with Crippen LogP contribution in [-0.2, 0) is 23.4 Å². The summed E-state index contributed by atoms with van der Waals surface area (Å²) in [6.07, 6.45) is 1.42. The zero-order valence-electron chi connectivity index (χ0n) is 22.3. The third kappa shape index (κ3) is 6.35. The van der Waals surface area contributed by atoms with Gasteiger partial charge in [0.1, 0.15) is 48.6 Å². The quantitative estimate of drug-likeness (QED) is 0.239. The van der Waals surface area contributed by atoms with E-state index in [1.165, 1.54) is 24.1 Å². The Kier molecular flexibility index (Phi) is 8.79. The Morgan fingerprint density at radius 1 is 1.15 bits per heavy atom. The first-order chi connectivity index (χ1) is 19.2. The second-order valence-corrected chi connectivity index (χ2v) is 11.8. The van der Waals surface area contributed by atoms with E-state index in [0.717, 1.165) is 32.1 Å². The smallest absolute Gasteiger partial charge is 0.459 e. The average molecular weight is 576 g/mol. The number of para-hydroxylation sites is 1. The van der Waals surface area contributed by atoms with Crippen LogP contribution >= 0.6 is 7.75 Å². The summed E-state index contributed by atoms with van der Waals surface area (Å²) in [5, 5.41) is 24.3. The lowest BCUT2D eigenvalue weighted by atomic mass is 9.98. The molecule has 1 aliphatic heterocycles. The highest BCUT2D eigenvalue weighted by Crippen LogP contribution is 2.47. The summed E-state index contributed by atoms with van der Waals surface area (Å²) in [6.45, 7) is 2.90. The molecule has 1 unspecified atom stereocenters. The zero-order chi connectivity index (χ0) is 28.3. The molecule has 6 atom stereocenters. The normalized spacial score (nSPS) is 25.9. The lowest BCUT2D eigenvalue weighted by molar-refractivity contribution is -0.149. The molecule has 2 aromatic heterocycles. The van der Waals surface area contributed by atoms with Gasteiger partial charge >= 0.3 is 13.7 Å². The number of carbonyl (C=O) groups excluding carboxylic acids is 1. The Bertz CT molecular complexity index is 1350. The van der Waals surface area contributed by atoms with Gasteiger partial charge in [0.05, 0.1) is 18.1 Å². The molecule has 5 rings (SSSR count). The molecule has 2 aliphatic rings. The fourth-order valence-corrected chi connectivity index (χ4v) is 6.48. The molecular formula is C26H34N5O8P. The first-order valence-corrected chi connectivity index (χ1v) is 14.9. The first-order valence-electron chi connectivity index (χ1n) is 13.4. The number of rotatable bonds is 10. The summed E-state index contributed by atoms with van der Waals surface area (Å²) < 4.78 is 38.4. The van der Waals surface area contributed by atoms with Gasteiger partial charge in [-0.15, -0.1) is 0 Å². The summed E-state index contributed by atoms with van der Waals surface area (Å²) in [6, 6.07) is 8.36. The fraction of sp³-hybridized carbons (Fsp3) is 0.538. The van der Waals surface area contributed by atoms with Crippen LogP contribution in [0.2, 0.25) is 0 Å². The number of aliphatic hydroxyl groups is 2. The molecule has 216 valence electrons. The van der Waals surface area contributed by atoms with Crippen LogP contribution in [0.15, 0.2) is 43.0 Å². The van der Waals surface area contributed by atoms with Crippen molar-refractivity contribution in [3.63, 3.8) is 0 Å². The van der Waals surface area contributed by atoms with Crippen LogP contribution in [0.1, 0.15) is 50.9 Å². The van der Waals surface area contributed by atoms with E-state index in [1.807, 2.05) is 0 Å². The number of hydrogen-bond donors (Lipinski definition) is 3. The van der Waals surface area contributed by atoms with Crippen molar-refractivity contribution >= 4 is 24.9 Å². The molecular weight excluding hydrogens is 541 g/mol. The molecule has 0 radical (unpaired) electrons. The summed E-state index contributed by atoms with van der Waals surface area (Å²) >= 11 is 0. The van der Waals surface area contributed by atoms with Crippen molar-refractivity contribution in [1.29, 1.82) is 0 Å². The van der Waals surface area contributed by atoms with E-state index in [9.17, 15) is 19.6 Å². The Hall–Kier alpha value is -2.93. The number of imidazole rings is 1. The van der Waals surface area contributed by atoms with Crippen LogP contribution in [-0.4, -0.2) is 72.8 Å². The van der Waals surface area contributed by atoms with Gasteiger partial charge in [0.2, 0.25) is 0 Å². The molecule has 3 heterocycles. The Balaban J connectivity index is 1.29. The lowest BCUT2D eigenvalue weighted by Gasteiger charge is -2.27. The van der Waals surface area contributed by atoms with Gasteiger partial charge in [-0.25, -0.2) is 24.6 Å². The Labute approximate surface area is 231 Å². The molecule has 0 bridgehead atoms. The summed E-state index contributed by atoms with van der Waals surface area (Å²) in [4.78, 5) is 25.2. The van der Waals surface area contributed by atoms with Gasteiger partial charge in [0.25, 0.3) is 0 Å². The highest BCUT2D eigenvalue weighted by atomic mass is 31.2. The van der Waals surface area contributed by atoms with Crippen molar-refractivity contribution in [2.24, 2.45) is 0 Å². The van der Waals surface area contributed by atoms with Crippen molar-refractivity contribution in [2.75, 3.05) is 6.54 Å². The molecule has 3 aromatic rings. The topological polar surface area (TPSA) is 167 Å². The number of carbonyl (C=O) groups is 1. The summed E-state index contributed by atoms with van der Waals surface area (Å²) in [7, 11) is -4.19. The van der Waals surface area contributed by atoms with Gasteiger partial charge in [0, 0.05) is 0 Å². The van der Waals surface area contributed by atoms with Crippen LogP contribution in [0.4, 0.5) is 0 Å². The van der Waals surface area contributed by atoms with Crippen LogP contribution < -0.4 is 9.61 Å². The molecule has 2 fully saturated rings. The van der Waals surface area contributed by atoms with E-state index in [-0.39, 0.29) is 11.9 Å². The molecule has 1 aliphatic carbocycles. The predicted molar refractivity (Wildman–Crippen MR) is 142 cm³/mol. The minimum absolute atomic E-state index is 0.161. The monoisotopic (exact) mass is 575 g/mol. The number of fused-ring (bicyclic) bond motifs is 1. The van der Waals surface area contributed by atoms with E-state index < -0.39 is 50.9 Å². The number of hydrogen-bond acceptors (Lipinski definition) is 11. The molecule has 1 aromatic carbocycles. The average Bonchev–Trinajstić information content (AvgIpc) is 3.50. The van der Waals surface area contributed by atoms with Gasteiger partial charge in [-0.1, -0.05) is 24.6 Å². The van der Waals surface area contributed by atoms with Gasteiger partial charge in [0.15, 0.2) is 11.9 Å². The van der Waals surface area contributed by atoms with Crippen molar-refractivity contribution in [1.82, 2.24) is 24.6 Å². The van der Waals surface area contributed by atoms with E-state index in [2.05, 4.69) is 20.0 Å². The maximum atomic E-state index is 13.9. The van der Waals surface area contributed by atoms with E-state index in [0.29, 0.717) is 16.9 Å². The second kappa shape index (κ2) is 12.3. The van der Waals surface area contributed by atoms with E-state index >= 15 is 0 Å². The number of esters is 1. The highest BCUT2D eigenvalue weighted by molar-refractivity contribution is 7.52. The number of aryl methyl sites for hydroxylation is 1. The van der Waals surface area contributed by atoms with Crippen molar-refractivity contribution < 1.29 is 38.1 Å². The summed E-state index contributed by atoms with van der Waals surface area (Å²) in [5.41, 5.74) is 1.61. The van der Waals surface area contributed by atoms with Crippen LogP contribution in [0.3, 0.4) is 0 Å². The number of aliphatic hydroxyl groups excluding tert-OH is 2. The Morgan fingerprint density at radius 2 is 1.90 bits per heavy atom. The molecule has 3 N–H and O–H groups in total. The van der Waals surface area contributed by atoms with Crippen molar-refractivity contribution in [3.05, 3.63) is 48.7 Å². The molecule has 1 saturated heterocycles. The third-order valence-electron chi connectivity index (χ3n) is 7.09. The summed E-state index contributed by atoms with van der Waals surface area (Å²) in [5.74, 6) is -0.325. The second-order valence-electron chi connectivity index (χ2n) is 10.1. The molecule has 40 heavy (non-hydrogen) atoms. The Morgan fingerprint density at radius 3 is 2.65 bits per heavy atom. The minimum Gasteiger partial charge on any atom is -0.461 e.